The Hall–Kier alpha value is -3.41. The van der Waals surface area contributed by atoms with Crippen LogP contribution >= 0.6 is 0 Å². The lowest BCUT2D eigenvalue weighted by atomic mass is 10.1. The third-order valence-corrected chi connectivity index (χ3v) is 4.91. The van der Waals surface area contributed by atoms with Crippen LogP contribution in [0.2, 0.25) is 0 Å². The van der Waals surface area contributed by atoms with Crippen molar-refractivity contribution in [3.8, 4) is 11.3 Å². The molecular weight excluding hydrogens is 352 g/mol. The summed E-state index contributed by atoms with van der Waals surface area (Å²) >= 11 is 0. The summed E-state index contributed by atoms with van der Waals surface area (Å²) in [5.41, 5.74) is 6.78. The van der Waals surface area contributed by atoms with E-state index < -0.39 is 0 Å². The number of hydrogen-bond donors (Lipinski definition) is 0. The molecule has 2 aromatic carbocycles. The van der Waals surface area contributed by atoms with Crippen LogP contribution in [0.25, 0.3) is 22.3 Å². The number of hydrogen-bond acceptors (Lipinski definition) is 4. The summed E-state index contributed by atoms with van der Waals surface area (Å²) < 4.78 is 9.16. The van der Waals surface area contributed by atoms with Crippen LogP contribution in [0.5, 0.6) is 0 Å². The maximum Gasteiger partial charge on any atom is 0.312 e. The number of imidazole rings is 1. The lowest BCUT2D eigenvalue weighted by Gasteiger charge is -2.05. The van der Waals surface area contributed by atoms with Gasteiger partial charge in [0.2, 0.25) is 0 Å². The van der Waals surface area contributed by atoms with E-state index in [1.54, 1.807) is 11.0 Å². The molecule has 0 unspecified atom stereocenters. The largest absolute Gasteiger partial charge is 0.461 e. The van der Waals surface area contributed by atoms with Gasteiger partial charge in [0.15, 0.2) is 0 Å². The maximum absolute atomic E-state index is 12.3. The molecule has 28 heavy (non-hydrogen) atoms. The van der Waals surface area contributed by atoms with Crippen molar-refractivity contribution in [1.29, 1.82) is 0 Å². The van der Waals surface area contributed by atoms with E-state index in [4.69, 9.17) is 4.74 Å². The van der Waals surface area contributed by atoms with Crippen molar-refractivity contribution in [3.63, 3.8) is 0 Å². The Balaban J connectivity index is 1.43. The van der Waals surface area contributed by atoms with Gasteiger partial charge in [0, 0.05) is 25.4 Å². The first kappa shape index (κ1) is 18.0. The number of esters is 1. The van der Waals surface area contributed by atoms with E-state index in [0.29, 0.717) is 0 Å². The van der Waals surface area contributed by atoms with E-state index in [-0.39, 0.29) is 19.0 Å². The van der Waals surface area contributed by atoms with E-state index in [2.05, 4.69) is 23.1 Å². The fraction of sp³-hybridized carbons (Fsp3) is 0.227. The fourth-order valence-corrected chi connectivity index (χ4v) is 3.30. The predicted octanol–water partition coefficient (Wildman–Crippen LogP) is 3.57. The molecule has 4 aromatic rings. The quantitative estimate of drug-likeness (QED) is 0.501. The molecule has 0 aliphatic heterocycles. The zero-order valence-electron chi connectivity index (χ0n) is 16.2. The van der Waals surface area contributed by atoms with Crippen molar-refractivity contribution in [2.24, 2.45) is 14.1 Å². The molecule has 0 amide bonds. The summed E-state index contributed by atoms with van der Waals surface area (Å²) in [5.74, 6) is -0.277. The Labute approximate surface area is 163 Å². The highest BCUT2D eigenvalue weighted by molar-refractivity contribution is 5.76. The van der Waals surface area contributed by atoms with E-state index in [9.17, 15) is 4.79 Å². The molecule has 0 bridgehead atoms. The summed E-state index contributed by atoms with van der Waals surface area (Å²) in [7, 11) is 3.80. The van der Waals surface area contributed by atoms with Crippen LogP contribution in [-0.2, 0) is 36.7 Å². The monoisotopic (exact) mass is 374 g/mol. The molecule has 0 atom stereocenters. The Kier molecular flexibility index (Phi) is 4.69. The van der Waals surface area contributed by atoms with Gasteiger partial charge in [0.25, 0.3) is 0 Å². The predicted molar refractivity (Wildman–Crippen MR) is 108 cm³/mol. The average Bonchev–Trinajstić information content (AvgIpc) is 3.23. The van der Waals surface area contributed by atoms with Crippen LogP contribution in [0.4, 0.5) is 0 Å². The second-order valence-corrected chi connectivity index (χ2v) is 6.98. The Morgan fingerprint density at radius 2 is 1.93 bits per heavy atom. The lowest BCUT2D eigenvalue weighted by molar-refractivity contribution is -0.144. The van der Waals surface area contributed by atoms with Gasteiger partial charge in [-0.05, 0) is 36.2 Å². The lowest BCUT2D eigenvalue weighted by Crippen LogP contribution is -2.11. The maximum atomic E-state index is 12.3. The molecule has 0 N–H and O–H groups in total. The van der Waals surface area contributed by atoms with Crippen LogP contribution in [0.3, 0.4) is 0 Å². The molecule has 0 aliphatic carbocycles. The molecule has 6 nitrogen and oxygen atoms in total. The number of carbonyl (C=O) groups excluding carboxylic acids is 1. The number of rotatable bonds is 5. The minimum atomic E-state index is -0.277. The first-order valence-corrected chi connectivity index (χ1v) is 9.16. The molecule has 4 rings (SSSR count). The smallest absolute Gasteiger partial charge is 0.312 e. The normalized spacial score (nSPS) is 11.1. The summed E-state index contributed by atoms with van der Waals surface area (Å²) in [6, 6.07) is 15.9. The average molecular weight is 374 g/mol. The van der Waals surface area contributed by atoms with Crippen LogP contribution in [0.1, 0.15) is 16.8 Å². The molecule has 6 heteroatoms. The van der Waals surface area contributed by atoms with Crippen molar-refractivity contribution in [3.05, 3.63) is 71.7 Å². The molecule has 0 saturated heterocycles. The molecule has 0 aliphatic rings. The number of aromatic nitrogens is 4. The molecule has 142 valence electrons. The Bertz CT molecular complexity index is 1160. The highest BCUT2D eigenvalue weighted by Crippen LogP contribution is 2.23. The standard InChI is InChI=1S/C22H22N4O2/c1-15-6-4-5-7-18(15)19-11-17(26(3)24-19)12-22(27)28-13-16-8-9-21-20(10-16)23-14-25(21)2/h4-11,14H,12-13H2,1-3H3. The van der Waals surface area contributed by atoms with Crippen LogP contribution in [0, 0.1) is 6.92 Å². The van der Waals surface area contributed by atoms with Crippen molar-refractivity contribution < 1.29 is 9.53 Å². The Morgan fingerprint density at radius 3 is 2.75 bits per heavy atom. The van der Waals surface area contributed by atoms with Gasteiger partial charge in [-0.25, -0.2) is 4.98 Å². The summed E-state index contributed by atoms with van der Waals surface area (Å²) in [6.07, 6.45) is 1.95. The number of nitrogens with zero attached hydrogens (tertiary/aromatic N) is 4. The number of aryl methyl sites for hydroxylation is 3. The van der Waals surface area contributed by atoms with Gasteiger partial charge in [-0.15, -0.1) is 0 Å². The summed E-state index contributed by atoms with van der Waals surface area (Å²) in [4.78, 5) is 16.7. The van der Waals surface area contributed by atoms with Crippen LogP contribution < -0.4 is 0 Å². The van der Waals surface area contributed by atoms with Crippen molar-refractivity contribution >= 4 is 17.0 Å². The molecule has 0 fully saturated rings. The molecular formula is C22H22N4O2. The van der Waals surface area contributed by atoms with Crippen molar-refractivity contribution in [2.75, 3.05) is 0 Å². The van der Waals surface area contributed by atoms with E-state index >= 15 is 0 Å². The second-order valence-electron chi connectivity index (χ2n) is 6.98. The van der Waals surface area contributed by atoms with E-state index in [0.717, 1.165) is 39.1 Å². The SMILES string of the molecule is Cc1ccccc1-c1cc(CC(=O)OCc2ccc3c(c2)ncn3C)n(C)n1. The van der Waals surface area contributed by atoms with Crippen molar-refractivity contribution in [1.82, 2.24) is 19.3 Å². The molecule has 2 heterocycles. The van der Waals surface area contributed by atoms with Gasteiger partial charge in [-0.3, -0.25) is 9.48 Å². The minimum Gasteiger partial charge on any atom is -0.461 e. The van der Waals surface area contributed by atoms with Gasteiger partial charge in [0.05, 0.1) is 29.5 Å². The van der Waals surface area contributed by atoms with E-state index in [1.807, 2.05) is 61.1 Å². The number of fused-ring (bicyclic) bond motifs is 1. The van der Waals surface area contributed by atoms with Gasteiger partial charge >= 0.3 is 5.97 Å². The molecule has 0 saturated carbocycles. The summed E-state index contributed by atoms with van der Waals surface area (Å²) in [5, 5.41) is 4.55. The second kappa shape index (κ2) is 7.31. The van der Waals surface area contributed by atoms with Gasteiger partial charge in [-0.1, -0.05) is 30.3 Å². The third kappa shape index (κ3) is 3.53. The highest BCUT2D eigenvalue weighted by atomic mass is 16.5. The topological polar surface area (TPSA) is 61.9 Å². The first-order chi connectivity index (χ1) is 13.5. The zero-order valence-corrected chi connectivity index (χ0v) is 16.2. The van der Waals surface area contributed by atoms with E-state index in [1.165, 1.54) is 0 Å². The Morgan fingerprint density at radius 1 is 1.11 bits per heavy atom. The molecule has 2 aromatic heterocycles. The first-order valence-electron chi connectivity index (χ1n) is 9.16. The van der Waals surface area contributed by atoms with Crippen molar-refractivity contribution in [2.45, 2.75) is 20.0 Å². The molecule has 0 spiro atoms. The number of benzene rings is 2. The minimum absolute atomic E-state index is 0.182. The molecule has 0 radical (unpaired) electrons. The highest BCUT2D eigenvalue weighted by Gasteiger charge is 2.13. The summed E-state index contributed by atoms with van der Waals surface area (Å²) in [6.45, 7) is 2.28. The van der Waals surface area contributed by atoms with Gasteiger partial charge in [-0.2, -0.15) is 5.10 Å². The fourth-order valence-electron chi connectivity index (χ4n) is 3.30. The van der Waals surface area contributed by atoms with Crippen LogP contribution in [-0.4, -0.2) is 25.3 Å². The zero-order chi connectivity index (χ0) is 19.7. The van der Waals surface area contributed by atoms with Gasteiger partial charge in [0.1, 0.15) is 6.61 Å². The number of ether oxygens (including phenoxy) is 1. The van der Waals surface area contributed by atoms with Crippen LogP contribution in [0.15, 0.2) is 54.9 Å². The third-order valence-electron chi connectivity index (χ3n) is 4.91. The number of carbonyl (C=O) groups is 1. The van der Waals surface area contributed by atoms with Gasteiger partial charge < -0.3 is 9.30 Å².